The molecule has 1 N–H and O–H groups in total. The first kappa shape index (κ1) is 29.3. The maximum atomic E-state index is 13.4. The van der Waals surface area contributed by atoms with Crippen molar-refractivity contribution in [3.05, 3.63) is 52.0 Å². The van der Waals surface area contributed by atoms with Gasteiger partial charge in [-0.2, -0.15) is 26.3 Å². The fraction of sp³-hybridized carbons (Fsp3) is 0.560. The molecule has 3 rings (SSSR count). The Hall–Kier alpha value is -3.25. The van der Waals surface area contributed by atoms with Crippen LogP contribution in [0.5, 0.6) is 0 Å². The van der Waals surface area contributed by atoms with Gasteiger partial charge in [-0.3, -0.25) is 4.79 Å². The van der Waals surface area contributed by atoms with E-state index in [1.165, 1.54) is 16.8 Å². The molecule has 2 aromatic rings. The molecular weight excluding hydrogens is 518 g/mol. The third kappa shape index (κ3) is 6.60. The summed E-state index contributed by atoms with van der Waals surface area (Å²) in [6.07, 6.45) is -10.5. The lowest BCUT2D eigenvalue weighted by atomic mass is 9.86. The maximum Gasteiger partial charge on any atom is 0.420 e. The molecule has 0 bridgehead atoms. The number of rotatable bonds is 6. The van der Waals surface area contributed by atoms with Gasteiger partial charge < -0.3 is 14.6 Å². The van der Waals surface area contributed by atoms with Crippen LogP contribution >= 0.6 is 0 Å². The molecule has 0 aliphatic heterocycles. The molecular formula is C25H30F6N4O3. The predicted octanol–water partition coefficient (Wildman–Crippen LogP) is 6.01. The van der Waals surface area contributed by atoms with Gasteiger partial charge in [0.05, 0.1) is 17.9 Å². The highest BCUT2D eigenvalue weighted by Crippen LogP contribution is 2.46. The van der Waals surface area contributed by atoms with Crippen LogP contribution in [0.2, 0.25) is 0 Å². The molecule has 38 heavy (non-hydrogen) atoms. The minimum Gasteiger partial charge on any atom is -0.443 e. The molecule has 13 heteroatoms. The second kappa shape index (κ2) is 10.5. The van der Waals surface area contributed by atoms with Crippen molar-refractivity contribution in [2.45, 2.75) is 72.0 Å². The second-order valence-electron chi connectivity index (χ2n) is 10.2. The number of carbonyl (C=O) groups excluding carboxylic acids is 1. The first-order chi connectivity index (χ1) is 17.4. The van der Waals surface area contributed by atoms with Crippen molar-refractivity contribution in [3.63, 3.8) is 0 Å². The lowest BCUT2D eigenvalue weighted by Gasteiger charge is -2.26. The van der Waals surface area contributed by atoms with Gasteiger partial charge in [0, 0.05) is 12.7 Å². The number of nitrogens with one attached hydrogen (secondary N) is 1. The number of halogens is 6. The summed E-state index contributed by atoms with van der Waals surface area (Å²) in [6.45, 7) is 8.45. The number of fused-ring (bicyclic) bond motifs is 1. The average Bonchev–Trinajstić information content (AvgIpc) is 3.10. The molecule has 1 aliphatic rings. The van der Waals surface area contributed by atoms with E-state index in [0.29, 0.717) is 6.54 Å². The van der Waals surface area contributed by atoms with Gasteiger partial charge in [-0.25, -0.2) is 14.3 Å². The number of aromatic nitrogens is 3. The quantitative estimate of drug-likeness (QED) is 0.447. The lowest BCUT2D eigenvalue weighted by Crippen LogP contribution is -2.37. The minimum absolute atomic E-state index is 0.0458. The van der Waals surface area contributed by atoms with Crippen LogP contribution in [-0.2, 0) is 17.7 Å². The summed E-state index contributed by atoms with van der Waals surface area (Å²) in [4.78, 5) is 30.4. The Kier molecular flexibility index (Phi) is 8.09. The zero-order chi connectivity index (χ0) is 28.6. The summed E-state index contributed by atoms with van der Waals surface area (Å²) >= 11 is 0. The summed E-state index contributed by atoms with van der Waals surface area (Å²) < 4.78 is 88.1. The number of alkyl halides is 6. The van der Waals surface area contributed by atoms with Crippen molar-refractivity contribution in [2.75, 3.05) is 11.9 Å². The van der Waals surface area contributed by atoms with Gasteiger partial charge in [0.1, 0.15) is 17.1 Å². The molecule has 0 saturated carbocycles. The van der Waals surface area contributed by atoms with Crippen LogP contribution in [0.15, 0.2) is 29.2 Å². The van der Waals surface area contributed by atoms with Gasteiger partial charge in [0.25, 0.3) is 5.56 Å². The van der Waals surface area contributed by atoms with Crippen molar-refractivity contribution in [2.24, 2.45) is 11.8 Å². The zero-order valence-corrected chi connectivity index (χ0v) is 21.6. The van der Waals surface area contributed by atoms with Gasteiger partial charge in [-0.1, -0.05) is 13.0 Å². The summed E-state index contributed by atoms with van der Waals surface area (Å²) in [5.74, 6) is -4.13. The summed E-state index contributed by atoms with van der Waals surface area (Å²) in [7, 11) is 0. The number of pyridine rings is 1. The first-order valence-electron chi connectivity index (χ1n) is 12.0. The maximum absolute atomic E-state index is 13.4. The highest BCUT2D eigenvalue weighted by Gasteiger charge is 2.56. The number of nitrogens with zero attached hydrogens (tertiary/aromatic N) is 3. The van der Waals surface area contributed by atoms with Gasteiger partial charge in [-0.05, 0) is 64.2 Å². The molecule has 1 unspecified atom stereocenters. The van der Waals surface area contributed by atoms with Gasteiger partial charge >= 0.3 is 18.4 Å². The van der Waals surface area contributed by atoms with E-state index >= 15 is 0 Å². The van der Waals surface area contributed by atoms with E-state index in [2.05, 4.69) is 10.3 Å². The first-order valence-corrected chi connectivity index (χ1v) is 12.0. The molecule has 0 amide bonds. The van der Waals surface area contributed by atoms with Crippen molar-refractivity contribution < 1.29 is 35.9 Å². The summed E-state index contributed by atoms with van der Waals surface area (Å²) in [5, 5.41) is 2.91. The van der Waals surface area contributed by atoms with E-state index in [9.17, 15) is 35.9 Å². The largest absolute Gasteiger partial charge is 0.443 e. The highest BCUT2D eigenvalue weighted by atomic mass is 19.4. The Morgan fingerprint density at radius 1 is 1.18 bits per heavy atom. The smallest absolute Gasteiger partial charge is 0.420 e. The number of imidazole rings is 1. The van der Waals surface area contributed by atoms with Crippen molar-refractivity contribution in [3.8, 4) is 0 Å². The Bertz CT molecular complexity index is 1250. The van der Waals surface area contributed by atoms with E-state index < -0.39 is 47.9 Å². The molecule has 0 spiro atoms. The molecule has 210 valence electrons. The number of allylic oxidation sites excluding steroid dienone is 2. The molecule has 2 aromatic heterocycles. The normalized spacial score (nSPS) is 16.3. The number of ether oxygens (including phenoxy) is 1. The van der Waals surface area contributed by atoms with Crippen LogP contribution < -0.4 is 10.9 Å². The Balaban J connectivity index is 2.16. The molecule has 1 aliphatic carbocycles. The van der Waals surface area contributed by atoms with Crippen molar-refractivity contribution >= 4 is 17.4 Å². The number of hydrogen-bond donors (Lipinski definition) is 1. The van der Waals surface area contributed by atoms with Crippen LogP contribution in [0.1, 0.15) is 58.3 Å². The van der Waals surface area contributed by atoms with Crippen LogP contribution in [0.25, 0.3) is 5.57 Å². The van der Waals surface area contributed by atoms with Gasteiger partial charge in [0.2, 0.25) is 0 Å². The average molecular weight is 549 g/mol. The molecule has 2 heterocycles. The number of carbonyl (C=O) groups is 1. The number of anilines is 1. The van der Waals surface area contributed by atoms with Crippen LogP contribution in [0.3, 0.4) is 0 Å². The summed E-state index contributed by atoms with van der Waals surface area (Å²) in [6, 6.07) is 3.15. The topological polar surface area (TPSA) is 78.2 Å². The second-order valence-corrected chi connectivity index (χ2v) is 10.2. The molecule has 0 saturated heterocycles. The number of hydrogen-bond acceptors (Lipinski definition) is 5. The fourth-order valence-electron chi connectivity index (χ4n) is 4.31. The van der Waals surface area contributed by atoms with Crippen LogP contribution in [0, 0.1) is 11.8 Å². The standard InChI is InChI=1S/C25H30F6N4O3/c1-6-32-16-8-7-9-34(21(16)36)13-19-33-20-15(12-18(24(26,27)28)25(29,30)31)10-14(2)11-17(20)35(19)22(37)38-23(3,4)5/h7-10,14,18,32H,6,11-13H2,1-5H3. The van der Waals surface area contributed by atoms with Gasteiger partial charge in [0.15, 0.2) is 5.92 Å². The zero-order valence-electron chi connectivity index (χ0n) is 21.6. The van der Waals surface area contributed by atoms with E-state index in [1.54, 1.807) is 46.8 Å². The van der Waals surface area contributed by atoms with Gasteiger partial charge in [-0.15, -0.1) is 0 Å². The van der Waals surface area contributed by atoms with Crippen LogP contribution in [-0.4, -0.2) is 44.7 Å². The minimum atomic E-state index is -5.53. The van der Waals surface area contributed by atoms with E-state index in [1.807, 2.05) is 0 Å². The van der Waals surface area contributed by atoms with Crippen molar-refractivity contribution in [1.82, 2.24) is 14.1 Å². The molecule has 7 nitrogen and oxygen atoms in total. The summed E-state index contributed by atoms with van der Waals surface area (Å²) in [5.41, 5.74) is -1.39. The van der Waals surface area contributed by atoms with E-state index in [-0.39, 0.29) is 41.4 Å². The molecule has 0 fully saturated rings. The Morgan fingerprint density at radius 3 is 2.37 bits per heavy atom. The van der Waals surface area contributed by atoms with Crippen LogP contribution in [0.4, 0.5) is 36.8 Å². The molecule has 0 radical (unpaired) electrons. The lowest BCUT2D eigenvalue weighted by molar-refractivity contribution is -0.282. The SMILES string of the molecule is CCNc1cccn(Cc2nc3c(n2C(=O)OC(C)(C)C)CC(C)C=C3CC(C(F)(F)F)C(F)(F)F)c1=O. The third-order valence-corrected chi connectivity index (χ3v) is 5.84. The highest BCUT2D eigenvalue weighted by molar-refractivity contribution is 5.77. The third-order valence-electron chi connectivity index (χ3n) is 5.84. The van der Waals surface area contributed by atoms with Crippen molar-refractivity contribution in [1.29, 1.82) is 0 Å². The predicted molar refractivity (Wildman–Crippen MR) is 129 cm³/mol. The Labute approximate surface area is 215 Å². The monoisotopic (exact) mass is 548 g/mol. The molecule has 1 atom stereocenters. The van der Waals surface area contributed by atoms with E-state index in [0.717, 1.165) is 4.57 Å². The fourth-order valence-corrected chi connectivity index (χ4v) is 4.31. The van der Waals surface area contributed by atoms with E-state index in [4.69, 9.17) is 4.74 Å². The Morgan fingerprint density at radius 2 is 1.82 bits per heavy atom. The molecule has 0 aromatic carbocycles.